The third kappa shape index (κ3) is 3.48. The van der Waals surface area contributed by atoms with Gasteiger partial charge >= 0.3 is 0 Å². The summed E-state index contributed by atoms with van der Waals surface area (Å²) in [5.41, 5.74) is 4.26. The Morgan fingerprint density at radius 3 is 2.78 bits per heavy atom. The third-order valence-electron chi connectivity index (χ3n) is 5.81. The van der Waals surface area contributed by atoms with Crippen LogP contribution in [0.1, 0.15) is 48.9 Å². The molecule has 1 aromatic carbocycles. The molecule has 1 fully saturated rings. The first-order valence-electron chi connectivity index (χ1n) is 9.95. The molecule has 1 aliphatic heterocycles. The Hall–Kier alpha value is -2.62. The second kappa shape index (κ2) is 7.55. The van der Waals surface area contributed by atoms with Gasteiger partial charge in [-0.1, -0.05) is 43.3 Å². The molecule has 4 heteroatoms. The average Bonchev–Trinajstić information content (AvgIpc) is 3.31. The molecule has 0 aliphatic carbocycles. The van der Waals surface area contributed by atoms with Crippen LogP contribution >= 0.6 is 0 Å². The van der Waals surface area contributed by atoms with Gasteiger partial charge in [-0.15, -0.1) is 0 Å². The second-order valence-electron chi connectivity index (χ2n) is 7.55. The van der Waals surface area contributed by atoms with Crippen molar-refractivity contribution >= 4 is 11.6 Å². The number of fused-ring (bicyclic) bond motifs is 1. The number of pyridine rings is 1. The highest BCUT2D eigenvalue weighted by molar-refractivity contribution is 5.79. The number of aryl methyl sites for hydroxylation is 1. The molecule has 1 saturated heterocycles. The Morgan fingerprint density at radius 2 is 2.04 bits per heavy atom. The van der Waals surface area contributed by atoms with Crippen molar-refractivity contribution in [2.45, 2.75) is 51.5 Å². The molecule has 2 unspecified atom stereocenters. The van der Waals surface area contributed by atoms with E-state index in [1.165, 1.54) is 5.56 Å². The zero-order valence-electron chi connectivity index (χ0n) is 16.1. The molecule has 4 rings (SSSR count). The molecule has 0 spiro atoms. The molecule has 1 aliphatic rings. The van der Waals surface area contributed by atoms with Crippen LogP contribution in [0.2, 0.25) is 0 Å². The van der Waals surface area contributed by atoms with Gasteiger partial charge in [0.2, 0.25) is 5.91 Å². The number of nitrogens with zero attached hydrogens (tertiary/aromatic N) is 3. The fraction of sp³-hybridized carbons (Fsp3) is 0.391. The molecule has 3 aromatic rings. The summed E-state index contributed by atoms with van der Waals surface area (Å²) in [7, 11) is 0. The number of carbonyl (C=O) groups is 1. The van der Waals surface area contributed by atoms with Gasteiger partial charge in [-0.2, -0.15) is 0 Å². The highest BCUT2D eigenvalue weighted by Gasteiger charge is 2.34. The SMILES string of the molecule is CCC(c1ccccc1)C1CCCN1C(=O)Cc1cn2cccc(C)c2n1. The lowest BCUT2D eigenvalue weighted by Gasteiger charge is -2.31. The van der Waals surface area contributed by atoms with Crippen molar-refractivity contribution in [1.82, 2.24) is 14.3 Å². The van der Waals surface area contributed by atoms with Crippen molar-refractivity contribution < 1.29 is 4.79 Å². The molecule has 0 bridgehead atoms. The van der Waals surface area contributed by atoms with E-state index in [0.717, 1.165) is 42.7 Å². The van der Waals surface area contributed by atoms with Gasteiger partial charge in [0.05, 0.1) is 12.1 Å². The number of aromatic nitrogens is 2. The van der Waals surface area contributed by atoms with E-state index >= 15 is 0 Å². The Kier molecular flexibility index (Phi) is 4.97. The van der Waals surface area contributed by atoms with Crippen LogP contribution in [-0.2, 0) is 11.2 Å². The first kappa shape index (κ1) is 17.8. The first-order valence-corrected chi connectivity index (χ1v) is 9.95. The maximum atomic E-state index is 13.1. The van der Waals surface area contributed by atoms with Gasteiger partial charge in [0.1, 0.15) is 5.65 Å². The molecule has 2 atom stereocenters. The van der Waals surface area contributed by atoms with Crippen molar-refractivity contribution in [3.05, 3.63) is 71.7 Å². The second-order valence-corrected chi connectivity index (χ2v) is 7.55. The molecule has 0 N–H and O–H groups in total. The zero-order valence-corrected chi connectivity index (χ0v) is 16.1. The molecule has 140 valence electrons. The summed E-state index contributed by atoms with van der Waals surface area (Å²) in [6.45, 7) is 5.14. The van der Waals surface area contributed by atoms with Crippen molar-refractivity contribution in [3.8, 4) is 0 Å². The number of carbonyl (C=O) groups excluding carboxylic acids is 1. The standard InChI is InChI=1S/C23H27N3O/c1-3-20(18-10-5-4-6-11-18)21-12-8-14-26(21)22(27)15-19-16-25-13-7-9-17(2)23(25)24-19/h4-7,9-11,13,16,20-21H,3,8,12,14-15H2,1-2H3. The summed E-state index contributed by atoms with van der Waals surface area (Å²) in [5, 5.41) is 0. The third-order valence-corrected chi connectivity index (χ3v) is 5.81. The minimum Gasteiger partial charge on any atom is -0.339 e. The lowest BCUT2D eigenvalue weighted by molar-refractivity contribution is -0.131. The van der Waals surface area contributed by atoms with Gasteiger partial charge < -0.3 is 9.30 Å². The normalized spacial score (nSPS) is 18.1. The number of hydrogen-bond acceptors (Lipinski definition) is 2. The molecule has 0 saturated carbocycles. The van der Waals surface area contributed by atoms with Crippen LogP contribution < -0.4 is 0 Å². The number of rotatable bonds is 5. The van der Waals surface area contributed by atoms with E-state index in [-0.39, 0.29) is 5.91 Å². The molecule has 2 aromatic heterocycles. The quantitative estimate of drug-likeness (QED) is 0.677. The van der Waals surface area contributed by atoms with Crippen molar-refractivity contribution in [3.63, 3.8) is 0 Å². The van der Waals surface area contributed by atoms with E-state index in [1.807, 2.05) is 22.9 Å². The molecule has 3 heterocycles. The molecule has 27 heavy (non-hydrogen) atoms. The van der Waals surface area contributed by atoms with Crippen LogP contribution in [0.3, 0.4) is 0 Å². The van der Waals surface area contributed by atoms with Crippen LogP contribution in [0.15, 0.2) is 54.9 Å². The van der Waals surface area contributed by atoms with E-state index < -0.39 is 0 Å². The van der Waals surface area contributed by atoms with Gasteiger partial charge in [0.15, 0.2) is 0 Å². The van der Waals surface area contributed by atoms with Gasteiger partial charge in [-0.05, 0) is 43.4 Å². The summed E-state index contributed by atoms with van der Waals surface area (Å²) >= 11 is 0. The van der Waals surface area contributed by atoms with Crippen LogP contribution in [0.4, 0.5) is 0 Å². The van der Waals surface area contributed by atoms with E-state index in [2.05, 4.69) is 60.1 Å². The highest BCUT2D eigenvalue weighted by atomic mass is 16.2. The number of likely N-dealkylation sites (tertiary alicyclic amines) is 1. The van der Waals surface area contributed by atoms with Crippen LogP contribution in [0.5, 0.6) is 0 Å². The number of hydrogen-bond donors (Lipinski definition) is 0. The van der Waals surface area contributed by atoms with Gasteiger partial charge in [0, 0.05) is 30.9 Å². The number of amides is 1. The largest absolute Gasteiger partial charge is 0.339 e. The predicted molar refractivity (Wildman–Crippen MR) is 108 cm³/mol. The first-order chi connectivity index (χ1) is 13.2. The van der Waals surface area contributed by atoms with Crippen LogP contribution in [0, 0.1) is 6.92 Å². The summed E-state index contributed by atoms with van der Waals surface area (Å²) in [6.07, 6.45) is 7.58. The lowest BCUT2D eigenvalue weighted by Crippen LogP contribution is -2.40. The smallest absolute Gasteiger partial charge is 0.228 e. The van der Waals surface area contributed by atoms with Gasteiger partial charge in [-0.3, -0.25) is 4.79 Å². The lowest BCUT2D eigenvalue weighted by atomic mass is 9.87. The minimum atomic E-state index is 0.202. The van der Waals surface area contributed by atoms with E-state index in [0.29, 0.717) is 18.4 Å². The monoisotopic (exact) mass is 361 g/mol. The van der Waals surface area contributed by atoms with E-state index in [9.17, 15) is 4.79 Å². The van der Waals surface area contributed by atoms with Crippen molar-refractivity contribution in [2.75, 3.05) is 6.54 Å². The van der Waals surface area contributed by atoms with Crippen LogP contribution in [0.25, 0.3) is 5.65 Å². The van der Waals surface area contributed by atoms with Gasteiger partial charge in [-0.25, -0.2) is 4.98 Å². The highest BCUT2D eigenvalue weighted by Crippen LogP contribution is 2.33. The zero-order chi connectivity index (χ0) is 18.8. The van der Waals surface area contributed by atoms with Gasteiger partial charge in [0.25, 0.3) is 0 Å². The molecular weight excluding hydrogens is 334 g/mol. The Bertz CT molecular complexity index is 931. The minimum absolute atomic E-state index is 0.202. The van der Waals surface area contributed by atoms with Crippen LogP contribution in [-0.4, -0.2) is 32.8 Å². The summed E-state index contributed by atoms with van der Waals surface area (Å²) in [6, 6.07) is 15.0. The van der Waals surface area contributed by atoms with E-state index in [4.69, 9.17) is 0 Å². The topological polar surface area (TPSA) is 37.6 Å². The fourth-order valence-electron chi connectivity index (χ4n) is 4.50. The Balaban J connectivity index is 1.54. The molecule has 0 radical (unpaired) electrons. The number of benzene rings is 1. The summed E-state index contributed by atoms with van der Waals surface area (Å²) in [5.74, 6) is 0.605. The van der Waals surface area contributed by atoms with E-state index in [1.54, 1.807) is 0 Å². The fourth-order valence-corrected chi connectivity index (χ4v) is 4.50. The number of imidazole rings is 1. The molecular formula is C23H27N3O. The maximum Gasteiger partial charge on any atom is 0.228 e. The molecule has 4 nitrogen and oxygen atoms in total. The molecule has 1 amide bonds. The Labute approximate surface area is 160 Å². The predicted octanol–water partition coefficient (Wildman–Crippen LogP) is 4.37. The Morgan fingerprint density at radius 1 is 1.22 bits per heavy atom. The summed E-state index contributed by atoms with van der Waals surface area (Å²) in [4.78, 5) is 19.9. The van der Waals surface area contributed by atoms with Crippen molar-refractivity contribution in [2.24, 2.45) is 0 Å². The van der Waals surface area contributed by atoms with Crippen molar-refractivity contribution in [1.29, 1.82) is 0 Å². The summed E-state index contributed by atoms with van der Waals surface area (Å²) < 4.78 is 2.01. The maximum absolute atomic E-state index is 13.1. The average molecular weight is 361 g/mol.